The quantitative estimate of drug-likeness (QED) is 0.742. The van der Waals surface area contributed by atoms with Crippen LogP contribution in [-0.2, 0) is 6.42 Å². The molecule has 92 valence electrons. The molecule has 1 aromatic carbocycles. The van der Waals surface area contributed by atoms with Crippen LogP contribution in [0.3, 0.4) is 0 Å². The van der Waals surface area contributed by atoms with Crippen molar-refractivity contribution in [3.05, 3.63) is 29.3 Å². The molecule has 2 nitrogen and oxygen atoms in total. The van der Waals surface area contributed by atoms with Gasteiger partial charge in [-0.2, -0.15) is 0 Å². The molecule has 1 heterocycles. The van der Waals surface area contributed by atoms with E-state index < -0.39 is 0 Å². The van der Waals surface area contributed by atoms with Crippen LogP contribution in [0.5, 0.6) is 5.75 Å². The van der Waals surface area contributed by atoms with Crippen LogP contribution >= 0.6 is 0 Å². The molecule has 1 fully saturated rings. The van der Waals surface area contributed by atoms with E-state index in [0.717, 1.165) is 11.8 Å². The Hall–Kier alpha value is -1.02. The Morgan fingerprint density at radius 2 is 2.18 bits per heavy atom. The minimum atomic E-state index is 0.423. The van der Waals surface area contributed by atoms with E-state index in [1.807, 2.05) is 12.1 Å². The summed E-state index contributed by atoms with van der Waals surface area (Å²) in [5.41, 5.74) is 2.87. The lowest BCUT2D eigenvalue weighted by Crippen LogP contribution is -2.31. The maximum absolute atomic E-state index is 9.68. The van der Waals surface area contributed by atoms with Crippen molar-refractivity contribution in [2.75, 3.05) is 20.1 Å². The zero-order chi connectivity index (χ0) is 12.0. The van der Waals surface area contributed by atoms with Gasteiger partial charge < -0.3 is 10.0 Å². The lowest BCUT2D eigenvalue weighted by molar-refractivity contribution is 0.247. The molecular formula is C15H21NO. The molecule has 2 heteroatoms. The maximum atomic E-state index is 9.68. The van der Waals surface area contributed by atoms with E-state index in [-0.39, 0.29) is 0 Å². The fraction of sp³-hybridized carbons (Fsp3) is 0.600. The molecule has 3 rings (SSSR count). The number of likely N-dealkylation sites (tertiary alicyclic amines) is 1. The van der Waals surface area contributed by atoms with Crippen molar-refractivity contribution in [3.63, 3.8) is 0 Å². The number of hydrogen-bond donors (Lipinski definition) is 1. The highest BCUT2D eigenvalue weighted by Gasteiger charge is 2.36. The fourth-order valence-electron chi connectivity index (χ4n) is 3.69. The third kappa shape index (κ3) is 1.85. The molecular weight excluding hydrogens is 210 g/mol. The smallest absolute Gasteiger partial charge is 0.115 e. The number of nitrogens with zero attached hydrogens (tertiary/aromatic N) is 1. The van der Waals surface area contributed by atoms with Crippen molar-refractivity contribution in [1.82, 2.24) is 4.90 Å². The zero-order valence-electron chi connectivity index (χ0n) is 10.7. The topological polar surface area (TPSA) is 23.5 Å². The highest BCUT2D eigenvalue weighted by Crippen LogP contribution is 2.44. The van der Waals surface area contributed by atoms with Gasteiger partial charge in [-0.25, -0.2) is 0 Å². The van der Waals surface area contributed by atoms with Gasteiger partial charge in [-0.1, -0.05) is 13.0 Å². The summed E-state index contributed by atoms with van der Waals surface area (Å²) in [5.74, 6) is 2.59. The predicted octanol–water partition coefficient (Wildman–Crippen LogP) is 2.62. The lowest BCUT2D eigenvalue weighted by atomic mass is 9.69. The normalized spacial score (nSPS) is 32.9. The molecule has 0 amide bonds. The SMILES string of the molecule is C[C@H]1C2Cc3ccc(O)cc3[C@@H]1CCN(C)C2. The number of aromatic hydroxyl groups is 1. The Morgan fingerprint density at radius 1 is 1.35 bits per heavy atom. The van der Waals surface area contributed by atoms with Crippen molar-refractivity contribution >= 4 is 0 Å². The van der Waals surface area contributed by atoms with E-state index in [1.54, 1.807) is 0 Å². The van der Waals surface area contributed by atoms with Crippen LogP contribution in [0.2, 0.25) is 0 Å². The average Bonchev–Trinajstić information content (AvgIpc) is 2.39. The average molecular weight is 231 g/mol. The van der Waals surface area contributed by atoms with E-state index in [1.165, 1.54) is 37.1 Å². The number of rotatable bonds is 0. The highest BCUT2D eigenvalue weighted by atomic mass is 16.3. The molecule has 1 aliphatic heterocycles. The van der Waals surface area contributed by atoms with E-state index in [4.69, 9.17) is 0 Å². The highest BCUT2D eigenvalue weighted by molar-refractivity contribution is 5.40. The molecule has 1 aromatic rings. The summed E-state index contributed by atoms with van der Waals surface area (Å²) in [6.45, 7) is 4.79. The summed E-state index contributed by atoms with van der Waals surface area (Å²) < 4.78 is 0. The first-order valence-corrected chi connectivity index (χ1v) is 6.65. The Bertz CT molecular complexity index is 429. The summed E-state index contributed by atoms with van der Waals surface area (Å²) in [7, 11) is 2.23. The van der Waals surface area contributed by atoms with Gasteiger partial charge in [-0.05, 0) is 67.4 Å². The van der Waals surface area contributed by atoms with Crippen molar-refractivity contribution in [2.45, 2.75) is 25.7 Å². The summed E-state index contributed by atoms with van der Waals surface area (Å²) in [6.07, 6.45) is 2.40. The van der Waals surface area contributed by atoms with E-state index in [9.17, 15) is 5.11 Å². The molecule has 1 saturated heterocycles. The largest absolute Gasteiger partial charge is 0.508 e. The molecule has 1 aliphatic carbocycles. The molecule has 0 aromatic heterocycles. The van der Waals surface area contributed by atoms with Crippen LogP contribution < -0.4 is 0 Å². The molecule has 2 aliphatic rings. The summed E-state index contributed by atoms with van der Waals surface area (Å²) in [6, 6.07) is 5.96. The number of benzene rings is 1. The van der Waals surface area contributed by atoms with Crippen LogP contribution in [0.1, 0.15) is 30.4 Å². The number of phenolic OH excluding ortho intramolecular Hbond substituents is 1. The van der Waals surface area contributed by atoms with Crippen molar-refractivity contribution in [3.8, 4) is 5.75 Å². The Labute approximate surface area is 103 Å². The third-order valence-electron chi connectivity index (χ3n) is 4.76. The van der Waals surface area contributed by atoms with Gasteiger partial charge in [0.1, 0.15) is 5.75 Å². The second-order valence-electron chi connectivity index (χ2n) is 5.86. The van der Waals surface area contributed by atoms with Crippen LogP contribution in [0.15, 0.2) is 18.2 Å². The molecule has 0 spiro atoms. The molecule has 2 bridgehead atoms. The Balaban J connectivity index is 2.04. The van der Waals surface area contributed by atoms with Gasteiger partial charge in [0.2, 0.25) is 0 Å². The van der Waals surface area contributed by atoms with Crippen LogP contribution in [0.25, 0.3) is 0 Å². The number of fused-ring (bicyclic) bond motifs is 4. The first-order chi connectivity index (χ1) is 8.15. The molecule has 1 unspecified atom stereocenters. The van der Waals surface area contributed by atoms with Gasteiger partial charge in [-0.15, -0.1) is 0 Å². The number of hydrogen-bond acceptors (Lipinski definition) is 2. The van der Waals surface area contributed by atoms with Gasteiger partial charge in [0.05, 0.1) is 0 Å². The lowest BCUT2D eigenvalue weighted by Gasteiger charge is -2.36. The van der Waals surface area contributed by atoms with Crippen LogP contribution in [-0.4, -0.2) is 30.1 Å². The molecule has 0 saturated carbocycles. The minimum absolute atomic E-state index is 0.423. The Morgan fingerprint density at radius 3 is 3.00 bits per heavy atom. The fourth-order valence-corrected chi connectivity index (χ4v) is 3.69. The van der Waals surface area contributed by atoms with Gasteiger partial charge >= 0.3 is 0 Å². The van der Waals surface area contributed by atoms with Crippen LogP contribution in [0.4, 0.5) is 0 Å². The first-order valence-electron chi connectivity index (χ1n) is 6.65. The summed E-state index contributed by atoms with van der Waals surface area (Å²) in [5, 5.41) is 9.68. The second-order valence-corrected chi connectivity index (χ2v) is 5.86. The van der Waals surface area contributed by atoms with Gasteiger partial charge in [0.25, 0.3) is 0 Å². The summed E-state index contributed by atoms with van der Waals surface area (Å²) in [4.78, 5) is 2.47. The number of phenols is 1. The van der Waals surface area contributed by atoms with Crippen molar-refractivity contribution in [2.24, 2.45) is 11.8 Å². The standard InChI is InChI=1S/C15H21NO/c1-10-12-7-11-3-4-13(17)8-15(11)14(10)5-6-16(2)9-12/h3-4,8,10,12,14,17H,5-7,9H2,1-2H3/t10-,12?,14+/m0/s1. The predicted molar refractivity (Wildman–Crippen MR) is 69.3 cm³/mol. The van der Waals surface area contributed by atoms with Gasteiger partial charge in [0.15, 0.2) is 0 Å². The zero-order valence-corrected chi connectivity index (χ0v) is 10.7. The maximum Gasteiger partial charge on any atom is 0.115 e. The molecule has 0 radical (unpaired) electrons. The van der Waals surface area contributed by atoms with Gasteiger partial charge in [-0.3, -0.25) is 0 Å². The van der Waals surface area contributed by atoms with Crippen molar-refractivity contribution < 1.29 is 5.11 Å². The van der Waals surface area contributed by atoms with Crippen molar-refractivity contribution in [1.29, 1.82) is 0 Å². The summed E-state index contributed by atoms with van der Waals surface area (Å²) >= 11 is 0. The second kappa shape index (κ2) is 4.02. The molecule has 3 atom stereocenters. The van der Waals surface area contributed by atoms with E-state index >= 15 is 0 Å². The third-order valence-corrected chi connectivity index (χ3v) is 4.76. The monoisotopic (exact) mass is 231 g/mol. The molecule has 17 heavy (non-hydrogen) atoms. The van der Waals surface area contributed by atoms with Gasteiger partial charge in [0, 0.05) is 6.54 Å². The Kier molecular flexibility index (Phi) is 2.62. The van der Waals surface area contributed by atoms with Crippen LogP contribution in [0, 0.1) is 11.8 Å². The minimum Gasteiger partial charge on any atom is -0.508 e. The van der Waals surface area contributed by atoms with E-state index in [2.05, 4.69) is 24.9 Å². The first kappa shape index (κ1) is 11.1. The molecule has 1 N–H and O–H groups in total. The van der Waals surface area contributed by atoms with E-state index in [0.29, 0.717) is 11.7 Å².